The quantitative estimate of drug-likeness (QED) is 0.836. The molecule has 4 heteroatoms. The first-order valence-corrected chi connectivity index (χ1v) is 5.95. The molecule has 0 spiro atoms. The minimum Gasteiger partial charge on any atom is -0.310 e. The number of nitrogens with zero attached hydrogens (tertiary/aromatic N) is 3. The topological polar surface area (TPSA) is 30.7 Å². The Labute approximate surface area is 97.7 Å². The lowest BCUT2D eigenvalue weighted by Gasteiger charge is -2.10. The first-order valence-electron chi connectivity index (χ1n) is 5.16. The number of aromatic nitrogens is 3. The Morgan fingerprint density at radius 3 is 2.80 bits per heavy atom. The second-order valence-electron chi connectivity index (χ2n) is 3.81. The van der Waals surface area contributed by atoms with E-state index in [1.807, 2.05) is 12.3 Å². The molecule has 0 N–H and O–H groups in total. The third-order valence-electron chi connectivity index (χ3n) is 2.44. The molecule has 0 fully saturated rings. The maximum atomic E-state index is 4.61. The van der Waals surface area contributed by atoms with Crippen LogP contribution in [0.5, 0.6) is 0 Å². The number of rotatable bonds is 2. The van der Waals surface area contributed by atoms with Crippen molar-refractivity contribution >= 4 is 27.1 Å². The lowest BCUT2D eigenvalue weighted by Crippen LogP contribution is -2.05. The van der Waals surface area contributed by atoms with E-state index in [1.54, 1.807) is 0 Å². The smallest absolute Gasteiger partial charge is 0.161 e. The predicted molar refractivity (Wildman–Crippen MR) is 65.0 cm³/mol. The van der Waals surface area contributed by atoms with E-state index in [4.69, 9.17) is 0 Å². The van der Waals surface area contributed by atoms with Gasteiger partial charge in [-0.3, -0.25) is 0 Å². The van der Waals surface area contributed by atoms with Crippen molar-refractivity contribution in [3.8, 4) is 0 Å². The van der Waals surface area contributed by atoms with Crippen molar-refractivity contribution < 1.29 is 0 Å². The molecule has 2 aromatic heterocycles. The van der Waals surface area contributed by atoms with E-state index in [1.165, 1.54) is 0 Å². The summed E-state index contributed by atoms with van der Waals surface area (Å²) in [6, 6.07) is 2.33. The van der Waals surface area contributed by atoms with E-state index in [0.717, 1.165) is 27.9 Å². The molecular weight excluding hydrogens is 254 g/mol. The molecule has 0 aromatic carbocycles. The molecule has 3 nitrogen and oxygen atoms in total. The number of fused-ring (bicyclic) bond motifs is 1. The Kier molecular flexibility index (Phi) is 2.78. The van der Waals surface area contributed by atoms with Gasteiger partial charge in [-0.15, -0.1) is 0 Å². The van der Waals surface area contributed by atoms with E-state index in [2.05, 4.69) is 51.2 Å². The second kappa shape index (κ2) is 3.93. The fourth-order valence-electron chi connectivity index (χ4n) is 1.80. The van der Waals surface area contributed by atoms with Crippen molar-refractivity contribution in [1.82, 2.24) is 14.5 Å². The molecule has 0 saturated heterocycles. The molecule has 0 bridgehead atoms. The monoisotopic (exact) mass is 267 g/mol. The van der Waals surface area contributed by atoms with Gasteiger partial charge in [0.05, 0.1) is 0 Å². The summed E-state index contributed by atoms with van der Waals surface area (Å²) in [4.78, 5) is 9.01. The van der Waals surface area contributed by atoms with Crippen LogP contribution in [-0.2, 0) is 6.42 Å². The summed E-state index contributed by atoms with van der Waals surface area (Å²) in [5, 5.41) is 0. The highest BCUT2D eigenvalue weighted by Gasteiger charge is 2.14. The molecule has 0 aliphatic carbocycles. The van der Waals surface area contributed by atoms with Crippen molar-refractivity contribution in [1.29, 1.82) is 0 Å². The Morgan fingerprint density at radius 1 is 1.47 bits per heavy atom. The van der Waals surface area contributed by atoms with Crippen LogP contribution in [0.3, 0.4) is 0 Å². The Balaban J connectivity index is 2.80. The van der Waals surface area contributed by atoms with E-state index < -0.39 is 0 Å². The highest BCUT2D eigenvalue weighted by Crippen LogP contribution is 2.25. The van der Waals surface area contributed by atoms with Gasteiger partial charge >= 0.3 is 0 Å². The molecule has 0 atom stereocenters. The first kappa shape index (κ1) is 10.6. The fourth-order valence-corrected chi connectivity index (χ4v) is 2.18. The number of imidazole rings is 1. The molecular formula is C11H14BrN3. The van der Waals surface area contributed by atoms with Gasteiger partial charge in [0.15, 0.2) is 5.65 Å². The average Bonchev–Trinajstić information content (AvgIpc) is 2.57. The minimum absolute atomic E-state index is 0.395. The van der Waals surface area contributed by atoms with Crippen LogP contribution in [-0.4, -0.2) is 14.5 Å². The summed E-state index contributed by atoms with van der Waals surface area (Å²) >= 11 is 3.51. The number of aryl methyl sites for hydroxylation is 1. The SMILES string of the molecule is CCc1nc2c(Br)ccnc2n1C(C)C. The molecule has 2 heterocycles. The maximum absolute atomic E-state index is 4.61. The Bertz CT molecular complexity index is 488. The Hall–Kier alpha value is -0.900. The zero-order chi connectivity index (χ0) is 11.0. The molecule has 2 aromatic rings. The van der Waals surface area contributed by atoms with Gasteiger partial charge in [-0.2, -0.15) is 0 Å². The van der Waals surface area contributed by atoms with Gasteiger partial charge in [0.2, 0.25) is 0 Å². The summed E-state index contributed by atoms with van der Waals surface area (Å²) in [6.45, 7) is 6.43. The highest BCUT2D eigenvalue weighted by molar-refractivity contribution is 9.10. The minimum atomic E-state index is 0.395. The third kappa shape index (κ3) is 1.67. The number of hydrogen-bond donors (Lipinski definition) is 0. The molecule has 0 radical (unpaired) electrons. The van der Waals surface area contributed by atoms with E-state index >= 15 is 0 Å². The zero-order valence-electron chi connectivity index (χ0n) is 9.16. The van der Waals surface area contributed by atoms with Gasteiger partial charge in [0, 0.05) is 23.1 Å². The van der Waals surface area contributed by atoms with E-state index in [0.29, 0.717) is 6.04 Å². The summed E-state index contributed by atoms with van der Waals surface area (Å²) in [5.41, 5.74) is 1.93. The molecule has 0 aliphatic heterocycles. The van der Waals surface area contributed by atoms with Gasteiger partial charge in [-0.1, -0.05) is 6.92 Å². The number of halogens is 1. The van der Waals surface area contributed by atoms with Crippen LogP contribution < -0.4 is 0 Å². The first-order chi connectivity index (χ1) is 7.15. The van der Waals surface area contributed by atoms with Crippen LogP contribution in [0.15, 0.2) is 16.7 Å². The summed E-state index contributed by atoms with van der Waals surface area (Å²) in [7, 11) is 0. The molecule has 0 saturated carbocycles. The Morgan fingerprint density at radius 2 is 2.20 bits per heavy atom. The van der Waals surface area contributed by atoms with Gasteiger partial charge in [0.25, 0.3) is 0 Å². The van der Waals surface area contributed by atoms with Gasteiger partial charge in [0.1, 0.15) is 11.3 Å². The second-order valence-corrected chi connectivity index (χ2v) is 4.66. The number of hydrogen-bond acceptors (Lipinski definition) is 2. The molecule has 2 rings (SSSR count). The number of pyridine rings is 1. The van der Waals surface area contributed by atoms with Crippen molar-refractivity contribution in [2.45, 2.75) is 33.2 Å². The van der Waals surface area contributed by atoms with Crippen molar-refractivity contribution in [2.75, 3.05) is 0 Å². The van der Waals surface area contributed by atoms with Crippen molar-refractivity contribution in [2.24, 2.45) is 0 Å². The standard InChI is InChI=1S/C11H14BrN3/c1-4-9-14-10-8(12)5-6-13-11(10)15(9)7(2)3/h5-7H,4H2,1-3H3. The van der Waals surface area contributed by atoms with Crippen LogP contribution in [0.1, 0.15) is 32.6 Å². The predicted octanol–water partition coefficient (Wildman–Crippen LogP) is 3.34. The molecule has 0 aliphatic rings. The van der Waals surface area contributed by atoms with Crippen LogP contribution in [0, 0.1) is 0 Å². The van der Waals surface area contributed by atoms with Gasteiger partial charge < -0.3 is 4.57 Å². The van der Waals surface area contributed by atoms with Crippen LogP contribution in [0.4, 0.5) is 0 Å². The molecule has 0 unspecified atom stereocenters. The van der Waals surface area contributed by atoms with Crippen LogP contribution in [0.25, 0.3) is 11.2 Å². The van der Waals surface area contributed by atoms with Gasteiger partial charge in [-0.05, 0) is 35.8 Å². The van der Waals surface area contributed by atoms with Crippen molar-refractivity contribution in [3.63, 3.8) is 0 Å². The maximum Gasteiger partial charge on any atom is 0.161 e. The van der Waals surface area contributed by atoms with Crippen LogP contribution in [0.2, 0.25) is 0 Å². The molecule has 0 amide bonds. The lowest BCUT2D eigenvalue weighted by molar-refractivity contribution is 0.584. The van der Waals surface area contributed by atoms with E-state index in [-0.39, 0.29) is 0 Å². The normalized spacial score (nSPS) is 11.5. The summed E-state index contributed by atoms with van der Waals surface area (Å²) in [5.74, 6) is 1.10. The fraction of sp³-hybridized carbons (Fsp3) is 0.455. The lowest BCUT2D eigenvalue weighted by atomic mass is 10.3. The highest BCUT2D eigenvalue weighted by atomic mass is 79.9. The third-order valence-corrected chi connectivity index (χ3v) is 3.08. The van der Waals surface area contributed by atoms with E-state index in [9.17, 15) is 0 Å². The largest absolute Gasteiger partial charge is 0.310 e. The average molecular weight is 268 g/mol. The molecule has 80 valence electrons. The van der Waals surface area contributed by atoms with Crippen molar-refractivity contribution in [3.05, 3.63) is 22.6 Å². The summed E-state index contributed by atoms with van der Waals surface area (Å²) in [6.07, 6.45) is 2.74. The molecule has 15 heavy (non-hydrogen) atoms. The summed E-state index contributed by atoms with van der Waals surface area (Å²) < 4.78 is 3.21. The zero-order valence-corrected chi connectivity index (χ0v) is 10.7. The van der Waals surface area contributed by atoms with Crippen LogP contribution >= 0.6 is 15.9 Å². The van der Waals surface area contributed by atoms with Gasteiger partial charge in [-0.25, -0.2) is 9.97 Å².